The van der Waals surface area contributed by atoms with Gasteiger partial charge in [0.05, 0.1) is 34.6 Å². The van der Waals surface area contributed by atoms with E-state index in [0.29, 0.717) is 18.2 Å². The highest BCUT2D eigenvalue weighted by Gasteiger charge is 2.25. The molecule has 5 aromatic rings. The van der Waals surface area contributed by atoms with Crippen LogP contribution in [-0.4, -0.2) is 37.0 Å². The lowest BCUT2D eigenvalue weighted by atomic mass is 10.1. The lowest BCUT2D eigenvalue weighted by Crippen LogP contribution is -2.07. The Labute approximate surface area is 238 Å². The molecule has 0 saturated carbocycles. The number of amides is 1. The smallest absolute Gasteiger partial charge is 0.221 e. The number of nitrogens with one attached hydrogen (secondary N) is 1. The van der Waals surface area contributed by atoms with Crippen molar-refractivity contribution in [2.45, 2.75) is 45.8 Å². The molecule has 0 aliphatic carbocycles. The number of aromatic nitrogens is 5. The fourth-order valence-corrected chi connectivity index (χ4v) is 5.06. The second-order valence-electron chi connectivity index (χ2n) is 9.63. The number of carbonyl (C=O) groups is 1. The van der Waals surface area contributed by atoms with Crippen LogP contribution >= 0.6 is 13.5 Å². The van der Waals surface area contributed by atoms with E-state index in [-0.39, 0.29) is 25.5 Å². The summed E-state index contributed by atoms with van der Waals surface area (Å²) < 4.78 is 14.1. The van der Waals surface area contributed by atoms with Crippen molar-refractivity contribution in [3.63, 3.8) is 0 Å². The number of nitrogens with zero attached hydrogens (tertiary/aromatic N) is 5. The maximum Gasteiger partial charge on any atom is 0.221 e. The Hall–Kier alpha value is -4.22. The molecule has 1 aromatic carbocycles. The van der Waals surface area contributed by atoms with Crippen LogP contribution in [0.5, 0.6) is 5.75 Å². The van der Waals surface area contributed by atoms with E-state index in [2.05, 4.69) is 20.3 Å². The monoisotopic (exact) mass is 557 g/mol. The Kier molecular flexibility index (Phi) is 7.85. The Balaban J connectivity index is 0.00000323. The molecule has 11 heteroatoms. The van der Waals surface area contributed by atoms with Crippen LogP contribution in [0.1, 0.15) is 49.6 Å². The van der Waals surface area contributed by atoms with Gasteiger partial charge in [-0.25, -0.2) is 9.97 Å². The van der Waals surface area contributed by atoms with Gasteiger partial charge in [-0.3, -0.25) is 19.3 Å². The number of nitrogen functional groups attached to an aromatic ring is 1. The van der Waals surface area contributed by atoms with E-state index in [1.54, 1.807) is 12.4 Å². The molecule has 1 aliphatic heterocycles. The van der Waals surface area contributed by atoms with Crippen LogP contribution in [-0.2, 0) is 22.6 Å². The van der Waals surface area contributed by atoms with E-state index in [0.717, 1.165) is 76.0 Å². The van der Waals surface area contributed by atoms with Crippen LogP contribution in [0, 0.1) is 0 Å². The molecule has 0 unspecified atom stereocenters. The van der Waals surface area contributed by atoms with Crippen LogP contribution in [0.4, 0.5) is 11.5 Å². The molecule has 0 spiro atoms. The number of fused-ring (bicyclic) bond motifs is 2. The quantitative estimate of drug-likeness (QED) is 0.286. The van der Waals surface area contributed by atoms with Crippen molar-refractivity contribution < 1.29 is 14.3 Å². The number of carbonyl (C=O) groups excluding carboxylic acids is 1. The zero-order valence-corrected chi connectivity index (χ0v) is 23.3. The summed E-state index contributed by atoms with van der Waals surface area (Å²) in [4.78, 5) is 29.6. The Morgan fingerprint density at radius 3 is 2.88 bits per heavy atom. The van der Waals surface area contributed by atoms with Crippen molar-refractivity contribution in [1.29, 1.82) is 0 Å². The molecule has 1 saturated heterocycles. The molecule has 1 aliphatic rings. The van der Waals surface area contributed by atoms with Gasteiger partial charge < -0.3 is 20.5 Å². The van der Waals surface area contributed by atoms with Crippen molar-refractivity contribution in [3.05, 3.63) is 72.1 Å². The SMILES string of the molecule is CCc1cc(NC(C)=O)c2ccc(OCc3cncc(-n4cc([C@@H]5CCCO5)c5c(N)ncnc54)c3)cc2n1.S. The van der Waals surface area contributed by atoms with Crippen LogP contribution < -0.4 is 15.8 Å². The van der Waals surface area contributed by atoms with Gasteiger partial charge in [-0.1, -0.05) is 6.92 Å². The van der Waals surface area contributed by atoms with Gasteiger partial charge in [0.1, 0.15) is 30.1 Å². The maximum absolute atomic E-state index is 11.7. The van der Waals surface area contributed by atoms with Crippen LogP contribution in [0.3, 0.4) is 0 Å². The average molecular weight is 558 g/mol. The summed E-state index contributed by atoms with van der Waals surface area (Å²) in [5.41, 5.74) is 12.1. The number of anilines is 2. The molecular formula is C29H31N7O3S. The first-order valence-electron chi connectivity index (χ1n) is 13.0. The zero-order valence-electron chi connectivity index (χ0n) is 22.3. The molecule has 0 radical (unpaired) electrons. The van der Waals surface area contributed by atoms with E-state index >= 15 is 0 Å². The molecule has 3 N–H and O–H groups in total. The molecule has 10 nitrogen and oxygen atoms in total. The molecule has 1 fully saturated rings. The van der Waals surface area contributed by atoms with Crippen LogP contribution in [0.2, 0.25) is 0 Å². The van der Waals surface area contributed by atoms with Gasteiger partial charge in [0.15, 0.2) is 0 Å². The number of hydrogen-bond acceptors (Lipinski definition) is 8. The Bertz CT molecular complexity index is 1700. The largest absolute Gasteiger partial charge is 0.489 e. The number of nitrogens with two attached hydrogens (primary N) is 1. The Morgan fingerprint density at radius 1 is 1.23 bits per heavy atom. The third-order valence-corrected chi connectivity index (χ3v) is 6.89. The Morgan fingerprint density at radius 2 is 2.10 bits per heavy atom. The number of benzene rings is 1. The highest BCUT2D eigenvalue weighted by molar-refractivity contribution is 7.59. The van der Waals surface area contributed by atoms with Gasteiger partial charge in [-0.05, 0) is 43.5 Å². The van der Waals surface area contributed by atoms with Crippen molar-refractivity contribution in [2.24, 2.45) is 0 Å². The van der Waals surface area contributed by atoms with Gasteiger partial charge in [-0.15, -0.1) is 0 Å². The van der Waals surface area contributed by atoms with Gasteiger partial charge >= 0.3 is 0 Å². The zero-order chi connectivity index (χ0) is 26.9. The lowest BCUT2D eigenvalue weighted by molar-refractivity contribution is -0.114. The minimum atomic E-state index is -0.121. The van der Waals surface area contributed by atoms with Gasteiger partial charge in [0.25, 0.3) is 0 Å². The number of ether oxygens (including phenoxy) is 2. The molecule has 1 atom stereocenters. The molecular weight excluding hydrogens is 526 g/mol. The third kappa shape index (κ3) is 5.30. The van der Waals surface area contributed by atoms with Crippen LogP contribution in [0.15, 0.2) is 55.2 Å². The second-order valence-corrected chi connectivity index (χ2v) is 9.63. The topological polar surface area (TPSA) is 130 Å². The first kappa shape index (κ1) is 27.4. The number of hydrogen-bond donors (Lipinski definition) is 2. The summed E-state index contributed by atoms with van der Waals surface area (Å²) in [7, 11) is 0. The van der Waals surface area contributed by atoms with Crippen molar-refractivity contribution in [2.75, 3.05) is 17.7 Å². The minimum absolute atomic E-state index is 0. The van der Waals surface area contributed by atoms with Crippen molar-refractivity contribution in [1.82, 2.24) is 24.5 Å². The van der Waals surface area contributed by atoms with E-state index in [4.69, 9.17) is 20.2 Å². The van der Waals surface area contributed by atoms with Crippen molar-refractivity contribution in [3.8, 4) is 11.4 Å². The highest BCUT2D eigenvalue weighted by Crippen LogP contribution is 2.37. The highest BCUT2D eigenvalue weighted by atomic mass is 32.1. The number of pyridine rings is 2. The first-order valence-corrected chi connectivity index (χ1v) is 13.0. The van der Waals surface area contributed by atoms with Gasteiger partial charge in [0, 0.05) is 54.2 Å². The van der Waals surface area contributed by atoms with E-state index in [1.807, 2.05) is 48.0 Å². The summed E-state index contributed by atoms with van der Waals surface area (Å²) in [6, 6.07) is 9.62. The van der Waals surface area contributed by atoms with Crippen LogP contribution in [0.25, 0.3) is 27.6 Å². The lowest BCUT2D eigenvalue weighted by Gasteiger charge is -2.12. The minimum Gasteiger partial charge on any atom is -0.489 e. The number of aryl methyl sites for hydroxylation is 1. The fourth-order valence-electron chi connectivity index (χ4n) is 5.06. The summed E-state index contributed by atoms with van der Waals surface area (Å²) in [5, 5.41) is 4.58. The summed E-state index contributed by atoms with van der Waals surface area (Å²) >= 11 is 0. The summed E-state index contributed by atoms with van der Waals surface area (Å²) in [6.07, 6.45) is 9.75. The van der Waals surface area contributed by atoms with E-state index in [1.165, 1.54) is 13.3 Å². The third-order valence-electron chi connectivity index (χ3n) is 6.89. The molecule has 0 bridgehead atoms. The van der Waals surface area contributed by atoms with E-state index in [9.17, 15) is 4.79 Å². The molecule has 206 valence electrons. The normalized spacial score (nSPS) is 14.8. The molecule has 1 amide bonds. The molecule has 4 aromatic heterocycles. The maximum atomic E-state index is 11.7. The fraction of sp³-hybridized carbons (Fsp3) is 0.276. The van der Waals surface area contributed by atoms with Gasteiger partial charge in [0.2, 0.25) is 5.91 Å². The summed E-state index contributed by atoms with van der Waals surface area (Å²) in [6.45, 7) is 4.58. The standard InChI is InChI=1S/C29H29N7O3.H2S/c1-3-19-10-24(34-17(2)37)22-7-6-21(11-25(22)35-19)39-15-18-9-20(13-31-12-18)36-14-23(26-5-4-8-38-26)27-28(30)32-16-33-29(27)36;/h6-7,9-14,16,26H,3-5,8,15H2,1-2H3,(H2,30,32,33)(H,34,35,37);1H2/t26-;/m0./s1. The molecule has 6 rings (SSSR count). The molecule has 40 heavy (non-hydrogen) atoms. The summed E-state index contributed by atoms with van der Waals surface area (Å²) in [5.74, 6) is 0.995. The predicted molar refractivity (Wildman–Crippen MR) is 159 cm³/mol. The average Bonchev–Trinajstić information content (AvgIpc) is 3.60. The number of rotatable bonds is 7. The van der Waals surface area contributed by atoms with E-state index < -0.39 is 0 Å². The van der Waals surface area contributed by atoms with Crippen molar-refractivity contribution >= 4 is 52.8 Å². The first-order chi connectivity index (χ1) is 19.0. The molecule has 5 heterocycles. The predicted octanol–water partition coefficient (Wildman–Crippen LogP) is 5.01. The van der Waals surface area contributed by atoms with Gasteiger partial charge in [-0.2, -0.15) is 13.5 Å². The second kappa shape index (κ2) is 11.5.